The van der Waals surface area contributed by atoms with Crippen LogP contribution in [0.3, 0.4) is 0 Å². The maximum atomic E-state index is 12.6. The normalized spacial score (nSPS) is 20.2. The first-order chi connectivity index (χ1) is 14.0. The van der Waals surface area contributed by atoms with Crippen molar-refractivity contribution in [1.29, 1.82) is 0 Å². The average molecular weight is 418 g/mol. The Labute approximate surface area is 168 Å². The summed E-state index contributed by atoms with van der Waals surface area (Å²) in [5.74, 6) is -1.91. The number of aromatic nitrogens is 2. The van der Waals surface area contributed by atoms with Crippen LogP contribution >= 0.6 is 0 Å². The first-order valence-corrected chi connectivity index (χ1v) is 9.09. The third kappa shape index (κ3) is 3.30. The lowest BCUT2D eigenvalue weighted by molar-refractivity contribution is -0.274. The molecule has 1 aliphatic carbocycles. The van der Waals surface area contributed by atoms with Gasteiger partial charge < -0.3 is 9.84 Å². The highest BCUT2D eigenvalue weighted by Crippen LogP contribution is 2.64. The maximum Gasteiger partial charge on any atom is 0.573 e. The molecule has 1 aliphatic rings. The molecule has 30 heavy (non-hydrogen) atoms. The van der Waals surface area contributed by atoms with Gasteiger partial charge >= 0.3 is 12.3 Å². The molecule has 4 rings (SSSR count). The largest absolute Gasteiger partial charge is 0.573 e. The second-order valence-electron chi connectivity index (χ2n) is 7.83. The summed E-state index contributed by atoms with van der Waals surface area (Å²) in [4.78, 5) is 27.7. The van der Waals surface area contributed by atoms with Crippen molar-refractivity contribution in [3.63, 3.8) is 0 Å². The molecule has 0 spiro atoms. The van der Waals surface area contributed by atoms with E-state index >= 15 is 0 Å². The first-order valence-electron chi connectivity index (χ1n) is 9.09. The number of benzene rings is 1. The number of ether oxygens (including phenoxy) is 1. The van der Waals surface area contributed by atoms with Gasteiger partial charge in [0, 0.05) is 23.1 Å². The molecule has 2 atom stereocenters. The van der Waals surface area contributed by atoms with Gasteiger partial charge in [0.1, 0.15) is 11.6 Å². The van der Waals surface area contributed by atoms with E-state index in [9.17, 15) is 27.9 Å². The van der Waals surface area contributed by atoms with Gasteiger partial charge in [0.15, 0.2) is 6.29 Å². The minimum Gasteiger partial charge on any atom is -0.481 e. The third-order valence-corrected chi connectivity index (χ3v) is 5.56. The Balaban J connectivity index is 1.82. The van der Waals surface area contributed by atoms with E-state index in [4.69, 9.17) is 0 Å². The molecule has 1 N–H and O–H groups in total. The molecule has 3 aromatic rings. The van der Waals surface area contributed by atoms with Crippen molar-refractivity contribution in [3.05, 3.63) is 53.9 Å². The molecule has 6 nitrogen and oxygen atoms in total. The Hall–Kier alpha value is -3.36. The van der Waals surface area contributed by atoms with Crippen LogP contribution in [0.2, 0.25) is 0 Å². The Morgan fingerprint density at radius 1 is 1.23 bits per heavy atom. The van der Waals surface area contributed by atoms with Crippen LogP contribution in [-0.4, -0.2) is 33.3 Å². The lowest BCUT2D eigenvalue weighted by atomic mass is 10.1. The van der Waals surface area contributed by atoms with Crippen molar-refractivity contribution in [2.75, 3.05) is 0 Å². The zero-order chi connectivity index (χ0) is 21.8. The fraction of sp³-hybridized carbons (Fsp3) is 0.286. The molecule has 0 aliphatic heterocycles. The van der Waals surface area contributed by atoms with Gasteiger partial charge in [-0.3, -0.25) is 14.2 Å². The zero-order valence-corrected chi connectivity index (χ0v) is 16.0. The van der Waals surface area contributed by atoms with Gasteiger partial charge in [-0.2, -0.15) is 0 Å². The van der Waals surface area contributed by atoms with Gasteiger partial charge in [0.05, 0.1) is 17.1 Å². The van der Waals surface area contributed by atoms with Crippen molar-refractivity contribution in [3.8, 4) is 11.6 Å². The van der Waals surface area contributed by atoms with E-state index < -0.39 is 29.4 Å². The highest BCUT2D eigenvalue weighted by Gasteiger charge is 2.63. The smallest absolute Gasteiger partial charge is 0.481 e. The molecule has 1 saturated carbocycles. The Kier molecular flexibility index (Phi) is 4.37. The van der Waals surface area contributed by atoms with Gasteiger partial charge in [-0.1, -0.05) is 19.9 Å². The van der Waals surface area contributed by atoms with Crippen LogP contribution in [-0.2, 0) is 4.79 Å². The van der Waals surface area contributed by atoms with Crippen molar-refractivity contribution in [2.24, 2.45) is 11.3 Å². The van der Waals surface area contributed by atoms with Crippen LogP contribution in [0.15, 0.2) is 42.5 Å². The highest BCUT2D eigenvalue weighted by molar-refractivity contribution is 5.91. The quantitative estimate of drug-likeness (QED) is 0.615. The van der Waals surface area contributed by atoms with Gasteiger partial charge in [-0.15, -0.1) is 13.2 Å². The number of pyridine rings is 1. The number of carboxylic acids is 1. The van der Waals surface area contributed by atoms with E-state index in [1.54, 1.807) is 18.2 Å². The molecule has 1 aromatic carbocycles. The Morgan fingerprint density at radius 2 is 1.97 bits per heavy atom. The fourth-order valence-electron chi connectivity index (χ4n) is 4.13. The number of aldehydes is 1. The summed E-state index contributed by atoms with van der Waals surface area (Å²) in [6, 6.07) is 10.3. The average Bonchev–Trinajstić information content (AvgIpc) is 3.06. The number of nitrogens with zero attached hydrogens (tertiary/aromatic N) is 2. The van der Waals surface area contributed by atoms with Crippen LogP contribution in [0, 0.1) is 11.3 Å². The van der Waals surface area contributed by atoms with E-state index in [0.717, 1.165) is 0 Å². The molecular formula is C21H17F3N2O4. The lowest BCUT2D eigenvalue weighted by Crippen LogP contribution is -2.17. The maximum absolute atomic E-state index is 12.6. The monoisotopic (exact) mass is 418 g/mol. The number of carbonyl (C=O) groups is 2. The molecule has 9 heteroatoms. The summed E-state index contributed by atoms with van der Waals surface area (Å²) in [6.45, 7) is 3.68. The van der Waals surface area contributed by atoms with Crippen LogP contribution in [0.1, 0.15) is 35.9 Å². The Morgan fingerprint density at radius 3 is 2.57 bits per heavy atom. The van der Waals surface area contributed by atoms with Crippen molar-refractivity contribution in [1.82, 2.24) is 9.55 Å². The predicted molar refractivity (Wildman–Crippen MR) is 101 cm³/mol. The third-order valence-electron chi connectivity index (χ3n) is 5.56. The van der Waals surface area contributed by atoms with Gasteiger partial charge in [0.2, 0.25) is 0 Å². The summed E-state index contributed by atoms with van der Waals surface area (Å²) in [7, 11) is 0. The number of carboxylic acid groups (broad SMARTS) is 1. The van der Waals surface area contributed by atoms with E-state index in [1.165, 1.54) is 28.8 Å². The van der Waals surface area contributed by atoms with Crippen LogP contribution < -0.4 is 4.74 Å². The molecule has 1 fully saturated rings. The van der Waals surface area contributed by atoms with Crippen molar-refractivity contribution >= 4 is 23.2 Å². The van der Waals surface area contributed by atoms with Gasteiger partial charge in [-0.05, 0) is 35.7 Å². The van der Waals surface area contributed by atoms with E-state index in [1.807, 2.05) is 13.8 Å². The van der Waals surface area contributed by atoms with Crippen LogP contribution in [0.5, 0.6) is 5.75 Å². The molecular weight excluding hydrogens is 401 g/mol. The van der Waals surface area contributed by atoms with E-state index in [-0.39, 0.29) is 11.6 Å². The number of hydrogen-bond acceptors (Lipinski definition) is 4. The number of alkyl halides is 3. The highest BCUT2D eigenvalue weighted by atomic mass is 19.4. The second kappa shape index (κ2) is 6.58. The number of fused-ring (bicyclic) bond motifs is 1. The summed E-state index contributed by atoms with van der Waals surface area (Å²) in [5, 5.41) is 9.97. The molecule has 2 heterocycles. The van der Waals surface area contributed by atoms with Gasteiger partial charge in [0.25, 0.3) is 0 Å². The number of aliphatic carboxylic acids is 1. The summed E-state index contributed by atoms with van der Waals surface area (Å²) in [5.41, 5.74) is 0.584. The lowest BCUT2D eigenvalue weighted by Gasteiger charge is -2.12. The van der Waals surface area contributed by atoms with E-state index in [0.29, 0.717) is 28.7 Å². The van der Waals surface area contributed by atoms with Crippen molar-refractivity contribution < 1.29 is 32.6 Å². The summed E-state index contributed by atoms with van der Waals surface area (Å²) < 4.78 is 43.3. The molecule has 2 unspecified atom stereocenters. The predicted octanol–water partition coefficient (Wildman–Crippen LogP) is 4.56. The minimum absolute atomic E-state index is 0.198. The number of hydrogen-bond donors (Lipinski definition) is 1. The molecule has 2 aromatic heterocycles. The number of rotatable bonds is 5. The second-order valence-corrected chi connectivity index (χ2v) is 7.83. The topological polar surface area (TPSA) is 81.4 Å². The molecule has 0 bridgehead atoms. The first kappa shape index (κ1) is 19.9. The molecule has 0 saturated heterocycles. The number of halogens is 3. The minimum atomic E-state index is -4.85. The molecule has 0 radical (unpaired) electrons. The molecule has 0 amide bonds. The standard InChI is InChI=1S/C21H17F3N2O4/c1-20(2)17(18(20)19(28)29)14-4-3-5-16(25-14)26-12(10-27)8-11-6-7-13(9-15(11)26)30-21(22,23)24/h3-10,17-18H,1-2H3,(H,28,29). The Bertz CT molecular complexity index is 1170. The van der Waals surface area contributed by atoms with Gasteiger partial charge in [-0.25, -0.2) is 4.98 Å². The summed E-state index contributed by atoms with van der Waals surface area (Å²) >= 11 is 0. The van der Waals surface area contributed by atoms with Crippen molar-refractivity contribution in [2.45, 2.75) is 26.1 Å². The molecule has 156 valence electrons. The fourth-order valence-corrected chi connectivity index (χ4v) is 4.13. The number of carbonyl (C=O) groups excluding carboxylic acids is 1. The summed E-state index contributed by atoms with van der Waals surface area (Å²) in [6.07, 6.45) is -4.26. The van der Waals surface area contributed by atoms with Crippen LogP contribution in [0.25, 0.3) is 16.7 Å². The van der Waals surface area contributed by atoms with E-state index in [2.05, 4.69) is 9.72 Å². The SMILES string of the molecule is CC1(C)C(C(=O)O)C1c1cccc(-n2c(C=O)cc3ccc(OC(F)(F)F)cc32)n1. The zero-order valence-electron chi connectivity index (χ0n) is 16.0. The van der Waals surface area contributed by atoms with Crippen LogP contribution in [0.4, 0.5) is 13.2 Å².